The third-order valence-electron chi connectivity index (χ3n) is 2.60. The van der Waals surface area contributed by atoms with Crippen molar-refractivity contribution in [3.8, 4) is 11.1 Å². The maximum atomic E-state index is 12.4. The fourth-order valence-electron chi connectivity index (χ4n) is 1.71. The van der Waals surface area contributed by atoms with Crippen molar-refractivity contribution in [3.05, 3.63) is 41.3 Å². The zero-order valence-corrected chi connectivity index (χ0v) is 9.78. The monoisotopic (exact) mass is 270 g/mol. The van der Waals surface area contributed by atoms with Gasteiger partial charge in [0.25, 0.3) is 5.91 Å². The second kappa shape index (κ2) is 4.42. The van der Waals surface area contributed by atoms with Gasteiger partial charge in [0.15, 0.2) is 5.69 Å². The Morgan fingerprint density at radius 3 is 2.32 bits per heavy atom. The molecule has 0 unspecified atom stereocenters. The fraction of sp³-hybridized carbons (Fsp3) is 0.167. The van der Waals surface area contributed by atoms with Crippen LogP contribution in [-0.2, 0) is 6.18 Å². The molecule has 0 saturated heterocycles. The van der Waals surface area contributed by atoms with Gasteiger partial charge >= 0.3 is 6.18 Å². The molecule has 100 valence electrons. The first kappa shape index (κ1) is 13.1. The molecule has 7 heteroatoms. The number of aryl methyl sites for hydroxylation is 1. The summed E-state index contributed by atoms with van der Waals surface area (Å²) in [6.07, 6.45) is -4.41. The van der Waals surface area contributed by atoms with E-state index in [9.17, 15) is 18.0 Å². The number of nitrogens with two attached hydrogens (primary N) is 1. The molecule has 1 aromatic carbocycles. The molecule has 1 heterocycles. The molecule has 1 aromatic heterocycles. The number of amides is 1. The number of rotatable bonds is 2. The lowest BCUT2D eigenvalue weighted by Crippen LogP contribution is -2.12. The van der Waals surface area contributed by atoms with Crippen LogP contribution in [0.3, 0.4) is 0 Å². The first-order valence-corrected chi connectivity index (χ1v) is 5.24. The van der Waals surface area contributed by atoms with Gasteiger partial charge in [0.1, 0.15) is 5.76 Å². The lowest BCUT2D eigenvalue weighted by atomic mass is 10.0. The van der Waals surface area contributed by atoms with E-state index in [1.807, 2.05) is 0 Å². The highest BCUT2D eigenvalue weighted by Crippen LogP contribution is 2.32. The summed E-state index contributed by atoms with van der Waals surface area (Å²) >= 11 is 0. The molecule has 2 rings (SSSR count). The van der Waals surface area contributed by atoms with Gasteiger partial charge in [-0.15, -0.1) is 0 Å². The maximum Gasteiger partial charge on any atom is 0.416 e. The Bertz CT molecular complexity index is 615. The van der Waals surface area contributed by atoms with Gasteiger partial charge in [-0.1, -0.05) is 17.3 Å². The molecule has 0 atom stereocenters. The smallest absolute Gasteiger partial charge is 0.364 e. The van der Waals surface area contributed by atoms with Crippen LogP contribution in [0.4, 0.5) is 13.2 Å². The number of benzene rings is 1. The van der Waals surface area contributed by atoms with Crippen LogP contribution in [0.5, 0.6) is 0 Å². The highest BCUT2D eigenvalue weighted by molar-refractivity contribution is 5.98. The lowest BCUT2D eigenvalue weighted by molar-refractivity contribution is -0.137. The largest absolute Gasteiger partial charge is 0.416 e. The minimum atomic E-state index is -4.41. The molecular weight excluding hydrogens is 261 g/mol. The minimum absolute atomic E-state index is 0.0998. The van der Waals surface area contributed by atoms with E-state index in [1.54, 1.807) is 6.92 Å². The zero-order chi connectivity index (χ0) is 14.2. The molecule has 0 spiro atoms. The highest BCUT2D eigenvalue weighted by atomic mass is 19.4. The molecule has 2 aromatic rings. The average Bonchev–Trinajstić information content (AvgIpc) is 2.70. The van der Waals surface area contributed by atoms with E-state index in [-0.39, 0.29) is 5.69 Å². The summed E-state index contributed by atoms with van der Waals surface area (Å²) in [6, 6.07) is 4.34. The molecule has 4 nitrogen and oxygen atoms in total. The molecule has 0 bridgehead atoms. The van der Waals surface area contributed by atoms with Gasteiger partial charge in [0.05, 0.1) is 11.1 Å². The molecule has 0 saturated carbocycles. The first-order valence-electron chi connectivity index (χ1n) is 5.24. The lowest BCUT2D eigenvalue weighted by Gasteiger charge is -2.07. The summed E-state index contributed by atoms with van der Waals surface area (Å²) < 4.78 is 42.2. The van der Waals surface area contributed by atoms with Gasteiger partial charge in [-0.3, -0.25) is 4.79 Å². The van der Waals surface area contributed by atoms with Crippen LogP contribution >= 0.6 is 0 Å². The van der Waals surface area contributed by atoms with Gasteiger partial charge in [-0.2, -0.15) is 13.2 Å². The van der Waals surface area contributed by atoms with Crippen molar-refractivity contribution in [3.63, 3.8) is 0 Å². The minimum Gasteiger partial charge on any atom is -0.364 e. The van der Waals surface area contributed by atoms with Gasteiger partial charge in [0, 0.05) is 0 Å². The molecule has 0 aliphatic rings. The number of carbonyl (C=O) groups is 1. The number of hydrogen-bond donors (Lipinski definition) is 1. The summed E-state index contributed by atoms with van der Waals surface area (Å²) in [5, 5.41) is 3.49. The number of primary amides is 1. The average molecular weight is 270 g/mol. The van der Waals surface area contributed by atoms with Gasteiger partial charge in [-0.05, 0) is 24.6 Å². The van der Waals surface area contributed by atoms with E-state index in [0.717, 1.165) is 12.1 Å². The van der Waals surface area contributed by atoms with Crippen molar-refractivity contribution in [1.29, 1.82) is 0 Å². The number of halogens is 3. The van der Waals surface area contributed by atoms with Crippen molar-refractivity contribution in [2.24, 2.45) is 5.73 Å². The number of alkyl halides is 3. The van der Waals surface area contributed by atoms with Crippen molar-refractivity contribution >= 4 is 5.91 Å². The molecule has 1 amide bonds. The SMILES string of the molecule is Cc1onc(C(N)=O)c1-c1ccc(C(F)(F)F)cc1. The summed E-state index contributed by atoms with van der Waals surface area (Å²) in [5.74, 6) is -0.486. The molecule has 0 radical (unpaired) electrons. The summed E-state index contributed by atoms with van der Waals surface area (Å²) in [5.41, 5.74) is 4.95. The van der Waals surface area contributed by atoms with Gasteiger partial charge in [0.2, 0.25) is 0 Å². The van der Waals surface area contributed by atoms with Gasteiger partial charge in [-0.25, -0.2) is 0 Å². The predicted molar refractivity (Wildman–Crippen MR) is 60.2 cm³/mol. The molecule has 0 aliphatic carbocycles. The van der Waals surface area contributed by atoms with Crippen molar-refractivity contribution in [1.82, 2.24) is 5.16 Å². The fourth-order valence-corrected chi connectivity index (χ4v) is 1.71. The Morgan fingerprint density at radius 1 is 1.26 bits per heavy atom. The van der Waals surface area contributed by atoms with E-state index in [1.165, 1.54) is 12.1 Å². The van der Waals surface area contributed by atoms with Crippen molar-refractivity contribution < 1.29 is 22.5 Å². The van der Waals surface area contributed by atoms with Crippen LogP contribution in [0, 0.1) is 6.92 Å². The molecule has 0 fully saturated rings. The van der Waals surface area contributed by atoms with Crippen LogP contribution in [0.25, 0.3) is 11.1 Å². The maximum absolute atomic E-state index is 12.4. The number of nitrogens with zero attached hydrogens (tertiary/aromatic N) is 1. The topological polar surface area (TPSA) is 69.1 Å². The second-order valence-electron chi connectivity index (χ2n) is 3.90. The molecule has 19 heavy (non-hydrogen) atoms. The summed E-state index contributed by atoms with van der Waals surface area (Å²) in [4.78, 5) is 11.2. The Balaban J connectivity index is 2.49. The second-order valence-corrected chi connectivity index (χ2v) is 3.90. The van der Waals surface area contributed by atoms with Crippen LogP contribution in [-0.4, -0.2) is 11.1 Å². The van der Waals surface area contributed by atoms with E-state index in [2.05, 4.69) is 5.16 Å². The predicted octanol–water partition coefficient (Wildman–Crippen LogP) is 2.77. The third kappa shape index (κ3) is 2.44. The molecule has 0 aliphatic heterocycles. The van der Waals surface area contributed by atoms with E-state index < -0.39 is 17.6 Å². The van der Waals surface area contributed by atoms with Crippen LogP contribution in [0.1, 0.15) is 21.8 Å². The van der Waals surface area contributed by atoms with Crippen molar-refractivity contribution in [2.45, 2.75) is 13.1 Å². The van der Waals surface area contributed by atoms with E-state index in [0.29, 0.717) is 16.9 Å². The first-order chi connectivity index (χ1) is 8.80. The normalized spacial score (nSPS) is 11.6. The Labute approximate surface area is 106 Å². The van der Waals surface area contributed by atoms with E-state index in [4.69, 9.17) is 10.3 Å². The van der Waals surface area contributed by atoms with Crippen LogP contribution in [0.15, 0.2) is 28.8 Å². The van der Waals surface area contributed by atoms with Crippen LogP contribution < -0.4 is 5.73 Å². The van der Waals surface area contributed by atoms with E-state index >= 15 is 0 Å². The molecular formula is C12H9F3N2O2. The standard InChI is InChI=1S/C12H9F3N2O2/c1-6-9(10(11(16)18)17-19-6)7-2-4-8(5-3-7)12(13,14)15/h2-5H,1H3,(H2,16,18). The highest BCUT2D eigenvalue weighted by Gasteiger charge is 2.30. The number of aromatic nitrogens is 1. The van der Waals surface area contributed by atoms with Gasteiger partial charge < -0.3 is 10.3 Å². The Hall–Kier alpha value is -2.31. The quantitative estimate of drug-likeness (QED) is 0.912. The Kier molecular flexibility index (Phi) is 3.05. The third-order valence-corrected chi connectivity index (χ3v) is 2.60. The molecule has 2 N–H and O–H groups in total. The van der Waals surface area contributed by atoms with Crippen LogP contribution in [0.2, 0.25) is 0 Å². The Morgan fingerprint density at radius 2 is 1.84 bits per heavy atom. The summed E-state index contributed by atoms with van der Waals surface area (Å²) in [6.45, 7) is 1.55. The van der Waals surface area contributed by atoms with Crippen molar-refractivity contribution in [2.75, 3.05) is 0 Å². The zero-order valence-electron chi connectivity index (χ0n) is 9.78. The number of carbonyl (C=O) groups excluding carboxylic acids is 1. The summed E-state index contributed by atoms with van der Waals surface area (Å²) in [7, 11) is 0. The number of hydrogen-bond acceptors (Lipinski definition) is 3.